The molecule has 1 saturated carbocycles. The van der Waals surface area contributed by atoms with Crippen molar-refractivity contribution in [3.05, 3.63) is 22.6 Å². The van der Waals surface area contributed by atoms with Gasteiger partial charge in [0.25, 0.3) is 0 Å². The molecule has 3 rings (SSSR count). The van der Waals surface area contributed by atoms with Gasteiger partial charge >= 0.3 is 0 Å². The van der Waals surface area contributed by atoms with Crippen LogP contribution in [0.2, 0.25) is 0 Å². The molecule has 4 heteroatoms. The third-order valence-electron chi connectivity index (χ3n) is 4.59. The van der Waals surface area contributed by atoms with E-state index in [0.29, 0.717) is 16.9 Å². The third kappa shape index (κ3) is 2.78. The maximum absolute atomic E-state index is 5.59. The molecule has 21 heavy (non-hydrogen) atoms. The van der Waals surface area contributed by atoms with Crippen molar-refractivity contribution in [2.75, 3.05) is 0 Å². The van der Waals surface area contributed by atoms with Gasteiger partial charge in [-0.3, -0.25) is 4.57 Å². The van der Waals surface area contributed by atoms with Crippen molar-refractivity contribution < 1.29 is 0 Å². The lowest BCUT2D eigenvalue weighted by Gasteiger charge is -2.45. The van der Waals surface area contributed by atoms with Crippen LogP contribution < -0.4 is 0 Å². The Hall–Kier alpha value is -1.16. The van der Waals surface area contributed by atoms with E-state index in [0.717, 1.165) is 34.3 Å². The predicted molar refractivity (Wildman–Crippen MR) is 90.1 cm³/mol. The second kappa shape index (κ2) is 4.67. The molecule has 0 aliphatic heterocycles. The number of hydrogen-bond donors (Lipinski definition) is 1. The summed E-state index contributed by atoms with van der Waals surface area (Å²) in [5.74, 6) is 0. The monoisotopic (exact) mass is 303 g/mol. The first kappa shape index (κ1) is 14.8. The van der Waals surface area contributed by atoms with Gasteiger partial charge in [-0.05, 0) is 60.9 Å². The van der Waals surface area contributed by atoms with Crippen molar-refractivity contribution in [3.63, 3.8) is 0 Å². The minimum Gasteiger partial charge on any atom is -0.329 e. The molecule has 1 fully saturated rings. The molecule has 3 nitrogen and oxygen atoms in total. The van der Waals surface area contributed by atoms with E-state index >= 15 is 0 Å². The minimum absolute atomic E-state index is 0.343. The molecule has 114 valence electrons. The summed E-state index contributed by atoms with van der Waals surface area (Å²) in [5, 5.41) is 0. The van der Waals surface area contributed by atoms with E-state index in [1.54, 1.807) is 0 Å². The summed E-state index contributed by atoms with van der Waals surface area (Å²) in [5.41, 5.74) is 3.91. The van der Waals surface area contributed by atoms with E-state index in [9.17, 15) is 0 Å². The van der Waals surface area contributed by atoms with Crippen molar-refractivity contribution in [1.82, 2.24) is 14.5 Å². The highest BCUT2D eigenvalue weighted by molar-refractivity contribution is 7.71. The van der Waals surface area contributed by atoms with Crippen LogP contribution in [0.15, 0.2) is 12.3 Å². The molecule has 1 aliphatic rings. The number of H-pyrrole nitrogens is 1. The molecule has 0 spiro atoms. The average molecular weight is 303 g/mol. The number of aryl methyl sites for hydroxylation is 1. The van der Waals surface area contributed by atoms with Crippen LogP contribution in [-0.2, 0) is 0 Å². The zero-order valence-corrected chi connectivity index (χ0v) is 14.5. The summed E-state index contributed by atoms with van der Waals surface area (Å²) in [6.07, 6.45) is 5.51. The number of aromatic nitrogens is 3. The summed E-state index contributed by atoms with van der Waals surface area (Å²) in [7, 11) is 0. The quantitative estimate of drug-likeness (QED) is 0.736. The number of pyridine rings is 1. The SMILES string of the molecule is Cc1cnc2c(c1)[nH]c(=S)n2C1CC(C)(C)CC(C)(C)C1. The molecule has 0 saturated heterocycles. The van der Waals surface area contributed by atoms with Gasteiger partial charge in [0, 0.05) is 12.2 Å². The summed E-state index contributed by atoms with van der Waals surface area (Å²) >= 11 is 5.59. The Morgan fingerprint density at radius 3 is 2.48 bits per heavy atom. The maximum Gasteiger partial charge on any atom is 0.179 e. The van der Waals surface area contributed by atoms with Crippen LogP contribution in [0.5, 0.6) is 0 Å². The lowest BCUT2D eigenvalue weighted by Crippen LogP contribution is -2.35. The van der Waals surface area contributed by atoms with Gasteiger partial charge in [-0.15, -0.1) is 0 Å². The fraction of sp³-hybridized carbons (Fsp3) is 0.647. The number of rotatable bonds is 1. The molecular formula is C17H25N3S. The van der Waals surface area contributed by atoms with E-state index in [1.165, 1.54) is 6.42 Å². The molecule has 0 amide bonds. The Morgan fingerprint density at radius 1 is 1.24 bits per heavy atom. The summed E-state index contributed by atoms with van der Waals surface area (Å²) in [6.45, 7) is 11.6. The van der Waals surface area contributed by atoms with Gasteiger partial charge in [0.1, 0.15) is 0 Å². The number of aromatic amines is 1. The topological polar surface area (TPSA) is 33.6 Å². The van der Waals surface area contributed by atoms with E-state index in [1.807, 2.05) is 6.20 Å². The Kier molecular flexibility index (Phi) is 3.28. The first-order valence-electron chi connectivity index (χ1n) is 7.74. The summed E-state index contributed by atoms with van der Waals surface area (Å²) < 4.78 is 3.06. The molecule has 2 aromatic heterocycles. The molecule has 0 bridgehead atoms. The Labute approximate surface area is 131 Å². The second-order valence-electron chi connectivity index (χ2n) is 8.25. The van der Waals surface area contributed by atoms with Crippen LogP contribution >= 0.6 is 12.2 Å². The van der Waals surface area contributed by atoms with E-state index in [-0.39, 0.29) is 0 Å². The van der Waals surface area contributed by atoms with Crippen LogP contribution in [0.25, 0.3) is 11.2 Å². The first-order chi connectivity index (χ1) is 9.67. The van der Waals surface area contributed by atoms with Gasteiger partial charge in [-0.25, -0.2) is 4.98 Å². The van der Waals surface area contributed by atoms with Gasteiger partial charge in [-0.1, -0.05) is 27.7 Å². The summed E-state index contributed by atoms with van der Waals surface area (Å²) in [6, 6.07) is 2.56. The Morgan fingerprint density at radius 2 is 1.86 bits per heavy atom. The lowest BCUT2D eigenvalue weighted by molar-refractivity contribution is 0.0731. The van der Waals surface area contributed by atoms with Crippen LogP contribution in [0, 0.1) is 22.5 Å². The lowest BCUT2D eigenvalue weighted by atomic mass is 9.63. The molecule has 2 heterocycles. The fourth-order valence-electron chi connectivity index (χ4n) is 4.43. The van der Waals surface area contributed by atoms with Crippen molar-refractivity contribution >= 4 is 23.4 Å². The zero-order valence-electron chi connectivity index (χ0n) is 13.7. The van der Waals surface area contributed by atoms with Gasteiger partial charge in [0.15, 0.2) is 10.4 Å². The largest absolute Gasteiger partial charge is 0.329 e. The number of fused-ring (bicyclic) bond motifs is 1. The highest BCUT2D eigenvalue weighted by atomic mass is 32.1. The highest BCUT2D eigenvalue weighted by Crippen LogP contribution is 2.50. The molecule has 1 aliphatic carbocycles. The van der Waals surface area contributed by atoms with Crippen LogP contribution in [0.4, 0.5) is 0 Å². The molecule has 0 unspecified atom stereocenters. The van der Waals surface area contributed by atoms with Gasteiger partial charge in [0.05, 0.1) is 5.52 Å². The number of nitrogens with zero attached hydrogens (tertiary/aromatic N) is 2. The van der Waals surface area contributed by atoms with Crippen molar-refractivity contribution in [2.24, 2.45) is 10.8 Å². The average Bonchev–Trinajstić information content (AvgIpc) is 2.59. The standard InChI is InChI=1S/C17H25N3S/c1-11-6-13-14(18-9-11)20(15(21)19-13)12-7-16(2,3)10-17(4,5)8-12/h6,9,12H,7-8,10H2,1-5H3,(H,19,21). The predicted octanol–water partition coefficient (Wildman–Crippen LogP) is 5.18. The zero-order chi connectivity index (χ0) is 15.4. The van der Waals surface area contributed by atoms with Gasteiger partial charge < -0.3 is 4.98 Å². The van der Waals surface area contributed by atoms with E-state index in [4.69, 9.17) is 12.2 Å². The Balaban J connectivity index is 2.12. The molecule has 0 aromatic carbocycles. The van der Waals surface area contributed by atoms with Crippen molar-refractivity contribution in [3.8, 4) is 0 Å². The fourth-order valence-corrected chi connectivity index (χ4v) is 4.77. The molecule has 0 atom stereocenters. The van der Waals surface area contributed by atoms with Crippen LogP contribution in [-0.4, -0.2) is 14.5 Å². The molecule has 0 radical (unpaired) electrons. The summed E-state index contributed by atoms with van der Waals surface area (Å²) in [4.78, 5) is 7.97. The number of imidazole rings is 1. The van der Waals surface area contributed by atoms with Crippen molar-refractivity contribution in [2.45, 2.75) is 59.9 Å². The van der Waals surface area contributed by atoms with Crippen LogP contribution in [0.1, 0.15) is 58.6 Å². The van der Waals surface area contributed by atoms with Crippen molar-refractivity contribution in [1.29, 1.82) is 0 Å². The molecular weight excluding hydrogens is 278 g/mol. The maximum atomic E-state index is 5.59. The smallest absolute Gasteiger partial charge is 0.179 e. The minimum atomic E-state index is 0.343. The Bertz CT molecular complexity index is 720. The molecule has 1 N–H and O–H groups in total. The van der Waals surface area contributed by atoms with Gasteiger partial charge in [0.2, 0.25) is 0 Å². The number of nitrogens with one attached hydrogen (secondary N) is 1. The van der Waals surface area contributed by atoms with Crippen LogP contribution in [0.3, 0.4) is 0 Å². The van der Waals surface area contributed by atoms with E-state index < -0.39 is 0 Å². The van der Waals surface area contributed by atoms with E-state index in [2.05, 4.69) is 55.2 Å². The molecule has 2 aromatic rings. The first-order valence-corrected chi connectivity index (χ1v) is 8.15. The van der Waals surface area contributed by atoms with Gasteiger partial charge in [-0.2, -0.15) is 0 Å². The number of hydrogen-bond acceptors (Lipinski definition) is 2. The second-order valence-corrected chi connectivity index (χ2v) is 8.64. The normalized spacial score (nSPS) is 21.8. The highest BCUT2D eigenvalue weighted by Gasteiger charge is 2.39. The third-order valence-corrected chi connectivity index (χ3v) is 4.89.